The van der Waals surface area contributed by atoms with Crippen LogP contribution in [0.5, 0.6) is 0 Å². The van der Waals surface area contributed by atoms with Crippen molar-refractivity contribution in [2.45, 2.75) is 251 Å². The number of nitrogens with zero attached hydrogens (tertiary/aromatic N) is 1. The molecule has 0 spiro atoms. The Morgan fingerprint density at radius 1 is 0.507 bits per heavy atom. The largest absolute Gasteiger partial charge is 0.756 e. The number of rotatable bonds is 52. The molecule has 0 heterocycles. The number of hydrogen-bond donors (Lipinski definition) is 2. The van der Waals surface area contributed by atoms with Gasteiger partial charge in [-0.3, -0.25) is 9.36 Å². The van der Waals surface area contributed by atoms with Gasteiger partial charge in [0.05, 0.1) is 39.9 Å². The molecule has 1 amide bonds. The lowest BCUT2D eigenvalue weighted by Crippen LogP contribution is -2.46. The average molecular weight is 1010 g/mol. The number of phosphoric acid groups is 1. The van der Waals surface area contributed by atoms with Crippen molar-refractivity contribution in [2.24, 2.45) is 0 Å². The number of carbonyl (C=O) groups excluding carboxylic acids is 1. The highest BCUT2D eigenvalue weighted by Crippen LogP contribution is 2.38. The molecular weight excluding hydrogens is 900 g/mol. The number of nitrogens with one attached hydrogen (secondary N) is 1. The standard InChI is InChI=1S/C62H111N2O6P/c1-6-8-10-12-14-16-18-20-22-24-26-27-28-29-30-31-32-33-34-35-36-37-38-40-42-44-46-48-50-52-54-56-62(66)63-60(59-70-71(67,68)69-58-57-64(3,4)5)61(65)55-53-51-49-47-45-43-41-39-25-23-21-19-17-15-13-11-9-7-2/h8,10,14,16,20,22,26-27,29-30,32-33,35-36,38,40,60-61,65H,6-7,9,11-13,15,17-19,21,23-25,28,31,34,37,39,41-59H2,1-5H3,(H-,63,66,67,68)/b10-8-,16-14-,22-20-,27-26-,30-29-,33-32-,36-35-,40-38-. The topological polar surface area (TPSA) is 108 Å². The van der Waals surface area contributed by atoms with Crippen LogP contribution in [0, 0.1) is 0 Å². The van der Waals surface area contributed by atoms with Gasteiger partial charge in [-0.25, -0.2) is 0 Å². The number of aliphatic hydroxyl groups is 1. The molecule has 2 N–H and O–H groups in total. The van der Waals surface area contributed by atoms with Crippen molar-refractivity contribution in [1.29, 1.82) is 0 Å². The number of unbranched alkanes of at least 4 members (excludes halogenated alkanes) is 23. The quantitative estimate of drug-likeness (QED) is 0.0272. The molecule has 0 aliphatic heterocycles. The van der Waals surface area contributed by atoms with E-state index in [1.54, 1.807) is 0 Å². The van der Waals surface area contributed by atoms with Gasteiger partial charge in [0.15, 0.2) is 0 Å². The predicted molar refractivity (Wildman–Crippen MR) is 306 cm³/mol. The molecule has 0 rings (SSSR count). The molecule has 0 aromatic rings. The van der Waals surface area contributed by atoms with E-state index in [0.29, 0.717) is 23.9 Å². The van der Waals surface area contributed by atoms with Gasteiger partial charge in [0.1, 0.15) is 13.2 Å². The second-order valence-electron chi connectivity index (χ2n) is 20.6. The van der Waals surface area contributed by atoms with Crippen molar-refractivity contribution in [3.8, 4) is 0 Å². The van der Waals surface area contributed by atoms with Crippen molar-refractivity contribution in [1.82, 2.24) is 5.32 Å². The molecule has 9 heteroatoms. The molecule has 0 bridgehead atoms. The minimum atomic E-state index is -4.58. The third-order valence-corrected chi connectivity index (χ3v) is 13.6. The summed E-state index contributed by atoms with van der Waals surface area (Å²) in [6, 6.07) is -0.816. The molecule has 0 radical (unpaired) electrons. The van der Waals surface area contributed by atoms with E-state index in [1.165, 1.54) is 109 Å². The zero-order chi connectivity index (χ0) is 52.0. The average Bonchev–Trinajstić information content (AvgIpc) is 3.33. The van der Waals surface area contributed by atoms with Gasteiger partial charge in [0.25, 0.3) is 7.82 Å². The van der Waals surface area contributed by atoms with E-state index in [1.807, 2.05) is 21.1 Å². The van der Waals surface area contributed by atoms with Crippen LogP contribution in [0.15, 0.2) is 97.2 Å². The molecular formula is C62H111N2O6P. The third-order valence-electron chi connectivity index (χ3n) is 12.6. The first-order chi connectivity index (χ1) is 34.5. The van der Waals surface area contributed by atoms with E-state index < -0.39 is 20.0 Å². The summed E-state index contributed by atoms with van der Waals surface area (Å²) < 4.78 is 23.4. The fourth-order valence-electron chi connectivity index (χ4n) is 8.06. The Kier molecular flexibility index (Phi) is 50.4. The van der Waals surface area contributed by atoms with Gasteiger partial charge < -0.3 is 28.8 Å². The summed E-state index contributed by atoms with van der Waals surface area (Å²) in [6.07, 6.45) is 74.3. The van der Waals surface area contributed by atoms with E-state index >= 15 is 0 Å². The summed E-state index contributed by atoms with van der Waals surface area (Å²) in [5, 5.41) is 14.0. The second-order valence-corrected chi connectivity index (χ2v) is 22.0. The molecule has 0 aliphatic carbocycles. The van der Waals surface area contributed by atoms with Crippen molar-refractivity contribution in [2.75, 3.05) is 40.9 Å². The number of phosphoric ester groups is 1. The summed E-state index contributed by atoms with van der Waals surface area (Å²) >= 11 is 0. The van der Waals surface area contributed by atoms with Gasteiger partial charge in [0, 0.05) is 6.42 Å². The van der Waals surface area contributed by atoms with Crippen LogP contribution >= 0.6 is 7.82 Å². The van der Waals surface area contributed by atoms with Crippen LogP contribution in [-0.4, -0.2) is 68.5 Å². The van der Waals surface area contributed by atoms with E-state index in [2.05, 4.69) is 116 Å². The number of amides is 1. The monoisotopic (exact) mass is 1010 g/mol. The highest BCUT2D eigenvalue weighted by atomic mass is 31.2. The molecule has 3 atom stereocenters. The molecule has 0 aliphatic rings. The fourth-order valence-corrected chi connectivity index (χ4v) is 8.78. The first-order valence-corrected chi connectivity index (χ1v) is 30.5. The fraction of sp³-hybridized carbons (Fsp3) is 0.726. The van der Waals surface area contributed by atoms with Crippen molar-refractivity contribution in [3.63, 3.8) is 0 Å². The number of quaternary nitrogens is 1. The SMILES string of the molecule is CC/C=C\C/C=C\C/C=C\C/C=C\C/C=C\C/C=C\C/C=C\C/C=C\CCCCCCCCC(=O)NC(COP(=O)([O-])OCC[N+](C)(C)C)C(O)CCCCCCCCCCCCCCCCCCCC. The maximum absolute atomic E-state index is 13.0. The van der Waals surface area contributed by atoms with Crippen LogP contribution < -0.4 is 10.2 Å². The Bertz CT molecular complexity index is 1470. The molecule has 0 aromatic carbocycles. The van der Waals surface area contributed by atoms with Gasteiger partial charge in [0.2, 0.25) is 5.91 Å². The molecule has 0 aromatic heterocycles. The summed E-state index contributed by atoms with van der Waals surface area (Å²) in [6.45, 7) is 4.60. The lowest BCUT2D eigenvalue weighted by atomic mass is 10.0. The Labute approximate surface area is 439 Å². The minimum Gasteiger partial charge on any atom is -0.756 e. The zero-order valence-corrected chi connectivity index (χ0v) is 47.5. The maximum Gasteiger partial charge on any atom is 0.268 e. The van der Waals surface area contributed by atoms with Gasteiger partial charge in [-0.2, -0.15) is 0 Å². The number of aliphatic hydroxyl groups excluding tert-OH is 1. The minimum absolute atomic E-state index is 0.00427. The summed E-state index contributed by atoms with van der Waals surface area (Å²) in [5.41, 5.74) is 0. The van der Waals surface area contributed by atoms with E-state index in [0.717, 1.165) is 103 Å². The second kappa shape index (κ2) is 52.3. The first kappa shape index (κ1) is 68.4. The summed E-state index contributed by atoms with van der Waals surface area (Å²) in [5.74, 6) is -0.182. The lowest BCUT2D eigenvalue weighted by molar-refractivity contribution is -0.870. The molecule has 410 valence electrons. The number of allylic oxidation sites excluding steroid dienone is 16. The van der Waals surface area contributed by atoms with Gasteiger partial charge in [-0.05, 0) is 77.0 Å². The van der Waals surface area contributed by atoms with E-state index in [4.69, 9.17) is 9.05 Å². The predicted octanol–water partition coefficient (Wildman–Crippen LogP) is 17.2. The van der Waals surface area contributed by atoms with Crippen LogP contribution in [0.2, 0.25) is 0 Å². The smallest absolute Gasteiger partial charge is 0.268 e. The highest BCUT2D eigenvalue weighted by Gasteiger charge is 2.24. The molecule has 71 heavy (non-hydrogen) atoms. The van der Waals surface area contributed by atoms with Crippen LogP contribution in [0.3, 0.4) is 0 Å². The number of hydrogen-bond acceptors (Lipinski definition) is 6. The van der Waals surface area contributed by atoms with Crippen molar-refractivity contribution >= 4 is 13.7 Å². The van der Waals surface area contributed by atoms with Crippen LogP contribution in [0.4, 0.5) is 0 Å². The third kappa shape index (κ3) is 55.0. The Morgan fingerprint density at radius 3 is 1.25 bits per heavy atom. The van der Waals surface area contributed by atoms with Gasteiger partial charge in [-0.15, -0.1) is 0 Å². The van der Waals surface area contributed by atoms with E-state index in [9.17, 15) is 19.4 Å². The van der Waals surface area contributed by atoms with Gasteiger partial charge in [-0.1, -0.05) is 252 Å². The van der Waals surface area contributed by atoms with Crippen LogP contribution in [-0.2, 0) is 18.4 Å². The first-order valence-electron chi connectivity index (χ1n) is 29.1. The lowest BCUT2D eigenvalue weighted by Gasteiger charge is -2.30. The van der Waals surface area contributed by atoms with E-state index in [-0.39, 0.29) is 19.1 Å². The van der Waals surface area contributed by atoms with Gasteiger partial charge >= 0.3 is 0 Å². The number of likely N-dealkylation sites (N-methyl/N-ethyl adjacent to an activating group) is 1. The molecule has 0 saturated carbocycles. The highest BCUT2D eigenvalue weighted by molar-refractivity contribution is 7.45. The molecule has 8 nitrogen and oxygen atoms in total. The van der Waals surface area contributed by atoms with Crippen molar-refractivity contribution in [3.05, 3.63) is 97.2 Å². The van der Waals surface area contributed by atoms with Crippen molar-refractivity contribution < 1.29 is 32.9 Å². The number of carbonyl (C=O) groups is 1. The van der Waals surface area contributed by atoms with Crippen LogP contribution in [0.1, 0.15) is 239 Å². The Balaban J connectivity index is 4.23. The maximum atomic E-state index is 13.0. The normalized spacial score (nSPS) is 14.6. The zero-order valence-electron chi connectivity index (χ0n) is 46.6. The molecule has 0 saturated heterocycles. The molecule has 3 unspecified atom stereocenters. The Morgan fingerprint density at radius 2 is 0.859 bits per heavy atom. The molecule has 0 fully saturated rings. The summed E-state index contributed by atoms with van der Waals surface area (Å²) in [7, 11) is 1.28. The summed E-state index contributed by atoms with van der Waals surface area (Å²) in [4.78, 5) is 25.5. The Hall–Kier alpha value is -2.58. The van der Waals surface area contributed by atoms with Crippen LogP contribution in [0.25, 0.3) is 0 Å².